The van der Waals surface area contributed by atoms with Crippen molar-refractivity contribution >= 4 is 29.2 Å². The highest BCUT2D eigenvalue weighted by molar-refractivity contribution is 6.37. The molecule has 7 nitrogen and oxygen atoms in total. The van der Waals surface area contributed by atoms with E-state index in [0.717, 1.165) is 19.3 Å². The molecule has 2 N–H and O–H groups in total. The lowest BCUT2D eigenvalue weighted by Gasteiger charge is -2.16. The largest absolute Gasteiger partial charge is 0.448 e. The van der Waals surface area contributed by atoms with E-state index in [4.69, 9.17) is 4.74 Å². The quantitative estimate of drug-likeness (QED) is 0.814. The van der Waals surface area contributed by atoms with Crippen LogP contribution in [0.1, 0.15) is 37.3 Å². The molecule has 7 heteroatoms. The normalized spacial score (nSPS) is 17.4. The summed E-state index contributed by atoms with van der Waals surface area (Å²) in [5, 5.41) is 6.42. The molecular formula is C17H19N3O4. The van der Waals surface area contributed by atoms with Gasteiger partial charge in [-0.05, 0) is 49.4 Å². The number of hydrogen-bond acceptors (Lipinski definition) is 5. The number of nitrogens with zero attached hydrogens (tertiary/aromatic N) is 1. The minimum atomic E-state index is -0.953. The first kappa shape index (κ1) is 16.2. The van der Waals surface area contributed by atoms with E-state index in [-0.39, 0.29) is 24.5 Å². The van der Waals surface area contributed by atoms with Crippen LogP contribution in [0.3, 0.4) is 0 Å². The second-order valence-electron chi connectivity index (χ2n) is 5.97. The number of fused-ring (bicyclic) bond motifs is 1. The van der Waals surface area contributed by atoms with Gasteiger partial charge in [0.2, 0.25) is 5.91 Å². The Labute approximate surface area is 139 Å². The van der Waals surface area contributed by atoms with Crippen LogP contribution < -0.4 is 10.7 Å². The number of anilines is 1. The monoisotopic (exact) mass is 329 g/mol. The number of benzene rings is 1. The Bertz CT molecular complexity index is 727. The van der Waals surface area contributed by atoms with Crippen molar-refractivity contribution in [3.63, 3.8) is 0 Å². The van der Waals surface area contributed by atoms with E-state index in [1.54, 1.807) is 0 Å². The van der Waals surface area contributed by atoms with Gasteiger partial charge in [0, 0.05) is 18.5 Å². The molecule has 1 heterocycles. The predicted octanol–water partition coefficient (Wildman–Crippen LogP) is 1.31. The van der Waals surface area contributed by atoms with Gasteiger partial charge in [0.25, 0.3) is 5.91 Å². The lowest BCUT2D eigenvalue weighted by molar-refractivity contribution is -0.146. The number of hydrogen-bond donors (Lipinski definition) is 2. The van der Waals surface area contributed by atoms with Crippen molar-refractivity contribution in [1.82, 2.24) is 5.43 Å². The Morgan fingerprint density at radius 2 is 2.00 bits per heavy atom. The molecule has 1 aromatic rings. The zero-order chi connectivity index (χ0) is 17.1. The number of aryl methyl sites for hydroxylation is 2. The Balaban J connectivity index is 1.57. The van der Waals surface area contributed by atoms with Gasteiger partial charge in [-0.25, -0.2) is 10.2 Å². The summed E-state index contributed by atoms with van der Waals surface area (Å²) in [4.78, 5) is 35.1. The van der Waals surface area contributed by atoms with Gasteiger partial charge >= 0.3 is 5.97 Å². The minimum absolute atomic E-state index is 0.117. The number of hydrazone groups is 1. The smallest absolute Gasteiger partial charge is 0.355 e. The fourth-order valence-corrected chi connectivity index (χ4v) is 2.80. The molecule has 24 heavy (non-hydrogen) atoms. The maximum absolute atomic E-state index is 12.2. The lowest BCUT2D eigenvalue weighted by atomic mass is 10.1. The maximum Gasteiger partial charge on any atom is 0.355 e. The van der Waals surface area contributed by atoms with Crippen LogP contribution in [-0.4, -0.2) is 29.6 Å². The molecule has 1 atom stereocenters. The maximum atomic E-state index is 12.2. The Morgan fingerprint density at radius 1 is 1.21 bits per heavy atom. The summed E-state index contributed by atoms with van der Waals surface area (Å²) in [5.74, 6) is -1.33. The molecule has 2 amide bonds. The van der Waals surface area contributed by atoms with E-state index in [9.17, 15) is 14.4 Å². The Morgan fingerprint density at radius 3 is 2.75 bits per heavy atom. The third-order valence-electron chi connectivity index (χ3n) is 4.16. The first-order valence-electron chi connectivity index (χ1n) is 8.02. The van der Waals surface area contributed by atoms with Crippen LogP contribution in [-0.2, 0) is 32.0 Å². The highest BCUT2D eigenvalue weighted by atomic mass is 16.5. The average molecular weight is 329 g/mol. The van der Waals surface area contributed by atoms with Gasteiger partial charge in [-0.15, -0.1) is 0 Å². The molecule has 1 aliphatic heterocycles. The molecule has 0 aromatic heterocycles. The second-order valence-corrected chi connectivity index (χ2v) is 5.97. The molecule has 0 spiro atoms. The van der Waals surface area contributed by atoms with Gasteiger partial charge in [-0.2, -0.15) is 5.10 Å². The Hall–Kier alpha value is -2.70. The van der Waals surface area contributed by atoms with Gasteiger partial charge in [0.05, 0.1) is 0 Å². The molecule has 0 saturated heterocycles. The fourth-order valence-electron chi connectivity index (χ4n) is 2.80. The second kappa shape index (κ2) is 6.82. The lowest BCUT2D eigenvalue weighted by Crippen LogP contribution is -2.35. The van der Waals surface area contributed by atoms with Crippen LogP contribution in [0.5, 0.6) is 0 Å². The number of ether oxygens (including phenoxy) is 1. The van der Waals surface area contributed by atoms with Crippen molar-refractivity contribution in [2.45, 2.75) is 45.1 Å². The summed E-state index contributed by atoms with van der Waals surface area (Å²) in [5.41, 5.74) is 5.62. The van der Waals surface area contributed by atoms with Gasteiger partial charge in [0.15, 0.2) is 6.10 Å². The predicted molar refractivity (Wildman–Crippen MR) is 87.5 cm³/mol. The molecule has 1 aromatic carbocycles. The van der Waals surface area contributed by atoms with Crippen LogP contribution in [0.15, 0.2) is 23.3 Å². The van der Waals surface area contributed by atoms with Crippen LogP contribution in [0.25, 0.3) is 0 Å². The zero-order valence-electron chi connectivity index (χ0n) is 13.4. The van der Waals surface area contributed by atoms with Crippen molar-refractivity contribution in [2.24, 2.45) is 5.10 Å². The number of carbonyl (C=O) groups excluding carboxylic acids is 3. The van der Waals surface area contributed by atoms with Crippen LogP contribution in [0.2, 0.25) is 0 Å². The number of amides is 2. The van der Waals surface area contributed by atoms with Crippen molar-refractivity contribution in [3.05, 3.63) is 29.3 Å². The molecule has 0 unspecified atom stereocenters. The van der Waals surface area contributed by atoms with E-state index >= 15 is 0 Å². The first-order valence-corrected chi connectivity index (χ1v) is 8.02. The third kappa shape index (κ3) is 3.61. The summed E-state index contributed by atoms with van der Waals surface area (Å²) < 4.78 is 5.12. The molecule has 126 valence electrons. The summed E-state index contributed by atoms with van der Waals surface area (Å²) >= 11 is 0. The number of carbonyl (C=O) groups is 3. The van der Waals surface area contributed by atoms with Crippen molar-refractivity contribution < 1.29 is 19.1 Å². The number of esters is 1. The topological polar surface area (TPSA) is 96.9 Å². The van der Waals surface area contributed by atoms with Crippen molar-refractivity contribution in [1.29, 1.82) is 0 Å². The SMILES string of the molecule is C[C@@H](OC(=O)C1=NNC(=O)CC1)C(=O)Nc1ccc2c(c1)CCC2. The summed E-state index contributed by atoms with van der Waals surface area (Å²) in [7, 11) is 0. The van der Waals surface area contributed by atoms with E-state index in [1.165, 1.54) is 18.1 Å². The van der Waals surface area contributed by atoms with Gasteiger partial charge in [0.1, 0.15) is 5.71 Å². The molecule has 0 radical (unpaired) electrons. The van der Waals surface area contributed by atoms with Crippen LogP contribution in [0, 0.1) is 0 Å². The first-order chi connectivity index (χ1) is 11.5. The number of rotatable bonds is 4. The molecule has 1 aliphatic carbocycles. The molecule has 2 aliphatic rings. The molecule has 0 fully saturated rings. The third-order valence-corrected chi connectivity index (χ3v) is 4.16. The highest BCUT2D eigenvalue weighted by Crippen LogP contribution is 2.25. The Kier molecular flexibility index (Phi) is 4.59. The fraction of sp³-hybridized carbons (Fsp3) is 0.412. The zero-order valence-corrected chi connectivity index (χ0v) is 13.4. The summed E-state index contributed by atoms with van der Waals surface area (Å²) in [6, 6.07) is 5.85. The van der Waals surface area contributed by atoms with Crippen LogP contribution in [0.4, 0.5) is 5.69 Å². The van der Waals surface area contributed by atoms with Gasteiger partial charge < -0.3 is 10.1 Å². The molecule has 3 rings (SSSR count). The minimum Gasteiger partial charge on any atom is -0.448 e. The van der Waals surface area contributed by atoms with Gasteiger partial charge in [-0.1, -0.05) is 6.07 Å². The number of nitrogens with one attached hydrogen (secondary N) is 2. The summed E-state index contributed by atoms with van der Waals surface area (Å²) in [6.07, 6.45) is 2.68. The van der Waals surface area contributed by atoms with Gasteiger partial charge in [-0.3, -0.25) is 9.59 Å². The molecule has 0 saturated carbocycles. The van der Waals surface area contributed by atoms with Crippen LogP contribution >= 0.6 is 0 Å². The molecular weight excluding hydrogens is 310 g/mol. The van der Waals surface area contributed by atoms with E-state index < -0.39 is 18.0 Å². The highest BCUT2D eigenvalue weighted by Gasteiger charge is 2.24. The average Bonchev–Trinajstić information content (AvgIpc) is 3.03. The standard InChI is InChI=1S/C17H19N3O4/c1-10(24-17(23)14-7-8-15(21)20-19-14)16(22)18-13-6-5-11-3-2-4-12(11)9-13/h5-6,9-10H,2-4,7-8H2,1H3,(H,18,22)(H,20,21)/t10-/m1/s1. The van der Waals surface area contributed by atoms with E-state index in [0.29, 0.717) is 5.69 Å². The van der Waals surface area contributed by atoms with E-state index in [1.807, 2.05) is 18.2 Å². The van der Waals surface area contributed by atoms with E-state index in [2.05, 4.69) is 15.8 Å². The summed E-state index contributed by atoms with van der Waals surface area (Å²) in [6.45, 7) is 1.50. The van der Waals surface area contributed by atoms with Crippen molar-refractivity contribution in [2.75, 3.05) is 5.32 Å². The van der Waals surface area contributed by atoms with Crippen molar-refractivity contribution in [3.8, 4) is 0 Å². The molecule has 0 bridgehead atoms.